The first-order valence-corrected chi connectivity index (χ1v) is 12.9. The van der Waals surface area contributed by atoms with Gasteiger partial charge in [0.25, 0.3) is 0 Å². The van der Waals surface area contributed by atoms with E-state index in [4.69, 9.17) is 8.83 Å². The van der Waals surface area contributed by atoms with Crippen molar-refractivity contribution >= 4 is 43.5 Å². The molecule has 0 atom stereocenters. The summed E-state index contributed by atoms with van der Waals surface area (Å²) >= 11 is 0. The first-order chi connectivity index (χ1) is 18.9. The van der Waals surface area contributed by atoms with Gasteiger partial charge in [0.1, 0.15) is 16.9 Å². The van der Waals surface area contributed by atoms with Crippen molar-refractivity contribution in [1.82, 2.24) is 0 Å². The lowest BCUT2D eigenvalue weighted by molar-refractivity contribution is 0.615. The van der Waals surface area contributed by atoms with Gasteiger partial charge in [-0.3, -0.25) is 0 Å². The van der Waals surface area contributed by atoms with Crippen molar-refractivity contribution in [3.05, 3.63) is 134 Å². The van der Waals surface area contributed by atoms with Gasteiger partial charge < -0.3 is 8.83 Å². The molecule has 0 aliphatic rings. The second kappa shape index (κ2) is 8.22. The Morgan fingerprint density at radius 2 is 1.00 bits per heavy atom. The predicted molar refractivity (Wildman–Crippen MR) is 157 cm³/mol. The standard InChI is InChI=1S/C36H22O2/c1-2-10-23(11-3-1)33-26-12-4-6-14-28(26)34(29-15-7-5-13-27(29)33)35-30-16-8-9-17-32(30)38-36(35)25-18-19-31-24(22-25)20-21-37-31/h1-22H. The molecule has 2 heteroatoms. The maximum absolute atomic E-state index is 6.65. The van der Waals surface area contributed by atoms with Gasteiger partial charge in [0.15, 0.2) is 0 Å². The van der Waals surface area contributed by atoms with Crippen molar-refractivity contribution < 1.29 is 8.83 Å². The van der Waals surface area contributed by atoms with E-state index in [1.165, 1.54) is 38.2 Å². The van der Waals surface area contributed by atoms with E-state index >= 15 is 0 Å². The molecule has 0 aliphatic carbocycles. The fraction of sp³-hybridized carbons (Fsp3) is 0. The Hall–Kier alpha value is -5.08. The van der Waals surface area contributed by atoms with Crippen molar-refractivity contribution in [2.24, 2.45) is 0 Å². The van der Waals surface area contributed by atoms with Gasteiger partial charge in [-0.25, -0.2) is 0 Å². The number of hydrogen-bond donors (Lipinski definition) is 0. The number of para-hydroxylation sites is 1. The molecule has 38 heavy (non-hydrogen) atoms. The molecule has 0 radical (unpaired) electrons. The summed E-state index contributed by atoms with van der Waals surface area (Å²) in [4.78, 5) is 0. The lowest BCUT2D eigenvalue weighted by Gasteiger charge is -2.18. The molecule has 8 rings (SSSR count). The van der Waals surface area contributed by atoms with E-state index in [1.807, 2.05) is 18.2 Å². The summed E-state index contributed by atoms with van der Waals surface area (Å²) in [6.45, 7) is 0. The first-order valence-electron chi connectivity index (χ1n) is 12.9. The summed E-state index contributed by atoms with van der Waals surface area (Å²) in [5, 5.41) is 7.05. The fourth-order valence-electron chi connectivity index (χ4n) is 5.92. The van der Waals surface area contributed by atoms with Gasteiger partial charge in [-0.1, -0.05) is 97.1 Å². The quantitative estimate of drug-likeness (QED) is 0.232. The van der Waals surface area contributed by atoms with Crippen LogP contribution in [0, 0.1) is 0 Å². The number of furan rings is 2. The summed E-state index contributed by atoms with van der Waals surface area (Å²) in [6.07, 6.45) is 1.73. The van der Waals surface area contributed by atoms with E-state index in [9.17, 15) is 0 Å². The van der Waals surface area contributed by atoms with Gasteiger partial charge in [-0.15, -0.1) is 0 Å². The third kappa shape index (κ3) is 3.07. The van der Waals surface area contributed by atoms with Crippen LogP contribution in [-0.4, -0.2) is 0 Å². The Labute approximate surface area is 219 Å². The van der Waals surface area contributed by atoms with Crippen molar-refractivity contribution in [2.45, 2.75) is 0 Å². The Kier molecular flexibility index (Phi) is 4.55. The minimum Gasteiger partial charge on any atom is -0.464 e. The lowest BCUT2D eigenvalue weighted by atomic mass is 9.84. The van der Waals surface area contributed by atoms with Crippen LogP contribution < -0.4 is 0 Å². The molecule has 0 unspecified atom stereocenters. The van der Waals surface area contributed by atoms with Crippen LogP contribution in [0.4, 0.5) is 0 Å². The number of benzene rings is 6. The van der Waals surface area contributed by atoms with Gasteiger partial charge in [-0.05, 0) is 63.0 Å². The second-order valence-corrected chi connectivity index (χ2v) is 9.68. The summed E-state index contributed by atoms with van der Waals surface area (Å²) in [6, 6.07) is 44.8. The highest BCUT2D eigenvalue weighted by Gasteiger charge is 2.23. The lowest BCUT2D eigenvalue weighted by Crippen LogP contribution is -1.91. The zero-order chi connectivity index (χ0) is 25.1. The number of rotatable bonds is 3. The van der Waals surface area contributed by atoms with Crippen molar-refractivity contribution in [2.75, 3.05) is 0 Å². The molecule has 0 fully saturated rings. The molecule has 6 aromatic carbocycles. The number of fused-ring (bicyclic) bond motifs is 4. The highest BCUT2D eigenvalue weighted by atomic mass is 16.3. The molecule has 2 heterocycles. The molecule has 0 aliphatic heterocycles. The normalized spacial score (nSPS) is 11.7. The Morgan fingerprint density at radius 1 is 0.395 bits per heavy atom. The zero-order valence-corrected chi connectivity index (χ0v) is 20.5. The smallest absolute Gasteiger partial charge is 0.143 e. The molecular formula is C36H22O2. The summed E-state index contributed by atoms with van der Waals surface area (Å²) in [5.41, 5.74) is 7.58. The van der Waals surface area contributed by atoms with Crippen LogP contribution in [0.1, 0.15) is 0 Å². The van der Waals surface area contributed by atoms with E-state index in [1.54, 1.807) is 6.26 Å². The molecule has 8 aromatic rings. The zero-order valence-electron chi connectivity index (χ0n) is 20.5. The van der Waals surface area contributed by atoms with Gasteiger partial charge in [0.2, 0.25) is 0 Å². The third-order valence-corrected chi connectivity index (χ3v) is 7.55. The van der Waals surface area contributed by atoms with E-state index in [0.717, 1.165) is 38.8 Å². The Morgan fingerprint density at radius 3 is 1.71 bits per heavy atom. The summed E-state index contributed by atoms with van der Waals surface area (Å²) < 4.78 is 12.3. The predicted octanol–water partition coefficient (Wildman–Crippen LogP) is 10.5. The van der Waals surface area contributed by atoms with Crippen LogP contribution in [0.2, 0.25) is 0 Å². The highest BCUT2D eigenvalue weighted by Crippen LogP contribution is 2.49. The van der Waals surface area contributed by atoms with Crippen molar-refractivity contribution in [1.29, 1.82) is 0 Å². The molecule has 0 amide bonds. The van der Waals surface area contributed by atoms with Gasteiger partial charge >= 0.3 is 0 Å². The van der Waals surface area contributed by atoms with Crippen LogP contribution in [-0.2, 0) is 0 Å². The molecule has 0 saturated heterocycles. The largest absolute Gasteiger partial charge is 0.464 e. The van der Waals surface area contributed by atoms with Gasteiger partial charge in [0.05, 0.1) is 6.26 Å². The third-order valence-electron chi connectivity index (χ3n) is 7.55. The molecule has 0 bridgehead atoms. The monoisotopic (exact) mass is 486 g/mol. The summed E-state index contributed by atoms with van der Waals surface area (Å²) in [7, 11) is 0. The molecule has 2 aromatic heterocycles. The van der Waals surface area contributed by atoms with Crippen LogP contribution >= 0.6 is 0 Å². The van der Waals surface area contributed by atoms with Gasteiger partial charge in [0, 0.05) is 27.5 Å². The molecule has 0 N–H and O–H groups in total. The van der Waals surface area contributed by atoms with Crippen LogP contribution in [0.15, 0.2) is 142 Å². The molecular weight excluding hydrogens is 464 g/mol. The van der Waals surface area contributed by atoms with Crippen LogP contribution in [0.25, 0.3) is 77.1 Å². The average molecular weight is 487 g/mol. The molecule has 0 spiro atoms. The maximum Gasteiger partial charge on any atom is 0.143 e. The van der Waals surface area contributed by atoms with Crippen molar-refractivity contribution in [3.63, 3.8) is 0 Å². The maximum atomic E-state index is 6.65. The van der Waals surface area contributed by atoms with Gasteiger partial charge in [-0.2, -0.15) is 0 Å². The SMILES string of the molecule is c1ccc(-c2c3ccccc3c(-c3c(-c4ccc5occc5c4)oc4ccccc34)c3ccccc23)cc1. The number of hydrogen-bond acceptors (Lipinski definition) is 2. The van der Waals surface area contributed by atoms with E-state index in [-0.39, 0.29) is 0 Å². The molecule has 0 saturated carbocycles. The fourth-order valence-corrected chi connectivity index (χ4v) is 5.92. The average Bonchev–Trinajstić information content (AvgIpc) is 3.61. The Bertz CT molecular complexity index is 2070. The van der Waals surface area contributed by atoms with Crippen LogP contribution in [0.3, 0.4) is 0 Å². The molecule has 2 nitrogen and oxygen atoms in total. The van der Waals surface area contributed by atoms with E-state index in [0.29, 0.717) is 0 Å². The minimum absolute atomic E-state index is 0.870. The minimum atomic E-state index is 0.870. The Balaban J connectivity index is 1.56. The van der Waals surface area contributed by atoms with Crippen LogP contribution in [0.5, 0.6) is 0 Å². The second-order valence-electron chi connectivity index (χ2n) is 9.68. The van der Waals surface area contributed by atoms with E-state index in [2.05, 4.69) is 109 Å². The van der Waals surface area contributed by atoms with Crippen molar-refractivity contribution in [3.8, 4) is 33.6 Å². The summed E-state index contributed by atoms with van der Waals surface area (Å²) in [5.74, 6) is 0.872. The molecule has 178 valence electrons. The topological polar surface area (TPSA) is 26.3 Å². The first kappa shape index (κ1) is 21.0. The van der Waals surface area contributed by atoms with E-state index < -0.39 is 0 Å². The highest BCUT2D eigenvalue weighted by molar-refractivity contribution is 6.24.